The van der Waals surface area contributed by atoms with Gasteiger partial charge in [0.1, 0.15) is 6.54 Å². The highest BCUT2D eigenvalue weighted by atomic mass is 35.5. The molecular formula is C18H14ClN5S. The van der Waals surface area contributed by atoms with Crippen LogP contribution in [0, 0.1) is 0 Å². The van der Waals surface area contributed by atoms with Crippen molar-refractivity contribution in [3.63, 3.8) is 0 Å². The fourth-order valence-corrected chi connectivity index (χ4v) is 3.39. The van der Waals surface area contributed by atoms with E-state index < -0.39 is 0 Å². The van der Waals surface area contributed by atoms with Gasteiger partial charge in [0.2, 0.25) is 5.82 Å². The number of hydrogen-bond donors (Lipinski definition) is 0. The fraction of sp³-hybridized carbons (Fsp3) is 0.111. The summed E-state index contributed by atoms with van der Waals surface area (Å²) < 4.78 is 0. The molecule has 5 nitrogen and oxygen atoms in total. The standard InChI is InChI=1S/C18H14ClN5S/c19-15-8-6-14(7-9-15)18-21-23-24(22-18)11-16-12-25-17(20-16)10-13-4-2-1-3-5-13/h1-9,12H,10-11H2. The summed E-state index contributed by atoms with van der Waals surface area (Å²) in [6, 6.07) is 17.7. The lowest BCUT2D eigenvalue weighted by molar-refractivity contribution is 0.565. The van der Waals surface area contributed by atoms with Gasteiger partial charge >= 0.3 is 0 Å². The van der Waals surface area contributed by atoms with Crippen LogP contribution in [0.1, 0.15) is 16.3 Å². The minimum atomic E-state index is 0.506. The van der Waals surface area contributed by atoms with Crippen molar-refractivity contribution >= 4 is 22.9 Å². The zero-order valence-corrected chi connectivity index (χ0v) is 14.8. The van der Waals surface area contributed by atoms with Gasteiger partial charge in [-0.05, 0) is 35.0 Å². The van der Waals surface area contributed by atoms with Crippen molar-refractivity contribution < 1.29 is 0 Å². The van der Waals surface area contributed by atoms with Crippen LogP contribution in [0.15, 0.2) is 60.0 Å². The molecule has 0 spiro atoms. The maximum absolute atomic E-state index is 5.90. The second kappa shape index (κ2) is 7.13. The first-order chi connectivity index (χ1) is 12.3. The molecule has 25 heavy (non-hydrogen) atoms. The number of halogens is 1. The van der Waals surface area contributed by atoms with E-state index in [4.69, 9.17) is 11.6 Å². The average Bonchev–Trinajstić information content (AvgIpc) is 3.27. The third kappa shape index (κ3) is 3.92. The number of thiazole rings is 1. The zero-order valence-electron chi connectivity index (χ0n) is 13.2. The van der Waals surface area contributed by atoms with E-state index in [0.717, 1.165) is 22.7 Å². The number of nitrogens with zero attached hydrogens (tertiary/aromatic N) is 5. The number of tetrazole rings is 1. The van der Waals surface area contributed by atoms with Gasteiger partial charge in [0, 0.05) is 22.4 Å². The van der Waals surface area contributed by atoms with Crippen LogP contribution in [0.2, 0.25) is 5.02 Å². The molecular weight excluding hydrogens is 354 g/mol. The molecule has 0 bridgehead atoms. The van der Waals surface area contributed by atoms with Crippen molar-refractivity contribution in [2.45, 2.75) is 13.0 Å². The van der Waals surface area contributed by atoms with E-state index in [2.05, 4.69) is 32.5 Å². The van der Waals surface area contributed by atoms with Gasteiger partial charge in [-0.3, -0.25) is 0 Å². The van der Waals surface area contributed by atoms with Crippen molar-refractivity contribution in [1.29, 1.82) is 0 Å². The van der Waals surface area contributed by atoms with Gasteiger partial charge < -0.3 is 0 Å². The Labute approximate surface area is 153 Å². The first-order valence-electron chi connectivity index (χ1n) is 7.77. The molecule has 0 aliphatic carbocycles. The molecule has 2 heterocycles. The molecule has 2 aromatic heterocycles. The Morgan fingerprint density at radius 3 is 2.60 bits per heavy atom. The molecule has 0 radical (unpaired) electrons. The molecule has 0 aliphatic rings. The molecule has 0 saturated heterocycles. The van der Waals surface area contributed by atoms with Gasteiger partial charge in [-0.25, -0.2) is 4.98 Å². The van der Waals surface area contributed by atoms with E-state index in [9.17, 15) is 0 Å². The van der Waals surface area contributed by atoms with Gasteiger partial charge in [-0.2, -0.15) is 4.80 Å². The van der Waals surface area contributed by atoms with Crippen LogP contribution >= 0.6 is 22.9 Å². The van der Waals surface area contributed by atoms with E-state index in [1.165, 1.54) is 5.56 Å². The Balaban J connectivity index is 1.45. The predicted octanol–water partition coefficient (Wildman–Crippen LogP) is 4.09. The van der Waals surface area contributed by atoms with Gasteiger partial charge in [-0.15, -0.1) is 21.5 Å². The third-order valence-electron chi connectivity index (χ3n) is 3.66. The van der Waals surface area contributed by atoms with Gasteiger partial charge in [0.15, 0.2) is 0 Å². The van der Waals surface area contributed by atoms with E-state index in [1.54, 1.807) is 16.1 Å². The molecule has 0 saturated carbocycles. The zero-order chi connectivity index (χ0) is 17.1. The molecule has 0 aliphatic heterocycles. The Kier molecular flexibility index (Phi) is 4.54. The van der Waals surface area contributed by atoms with Crippen LogP contribution in [0.5, 0.6) is 0 Å². The van der Waals surface area contributed by atoms with Gasteiger partial charge in [0.25, 0.3) is 0 Å². The van der Waals surface area contributed by atoms with Crippen LogP contribution < -0.4 is 0 Å². The summed E-state index contributed by atoms with van der Waals surface area (Å²) in [6.45, 7) is 0.506. The molecule has 7 heteroatoms. The highest BCUT2D eigenvalue weighted by Crippen LogP contribution is 2.18. The van der Waals surface area contributed by atoms with E-state index in [-0.39, 0.29) is 0 Å². The second-order valence-corrected chi connectivity index (χ2v) is 6.92. The smallest absolute Gasteiger partial charge is 0.204 e. The molecule has 4 aromatic rings. The van der Waals surface area contributed by atoms with Crippen LogP contribution in [0.4, 0.5) is 0 Å². The van der Waals surface area contributed by atoms with Crippen LogP contribution in [-0.4, -0.2) is 25.2 Å². The molecule has 0 amide bonds. The Morgan fingerprint density at radius 2 is 1.80 bits per heavy atom. The number of hydrogen-bond acceptors (Lipinski definition) is 5. The maximum Gasteiger partial charge on any atom is 0.204 e. The molecule has 0 fully saturated rings. The fourth-order valence-electron chi connectivity index (χ4n) is 2.44. The van der Waals surface area contributed by atoms with Crippen molar-refractivity contribution in [1.82, 2.24) is 25.2 Å². The van der Waals surface area contributed by atoms with Crippen LogP contribution in [0.3, 0.4) is 0 Å². The highest BCUT2D eigenvalue weighted by molar-refractivity contribution is 7.09. The minimum absolute atomic E-state index is 0.506. The summed E-state index contributed by atoms with van der Waals surface area (Å²) in [5.74, 6) is 0.580. The molecule has 4 rings (SSSR count). The Bertz CT molecular complexity index is 963. The summed E-state index contributed by atoms with van der Waals surface area (Å²) in [5, 5.41) is 16.4. The normalized spacial score (nSPS) is 10.9. The predicted molar refractivity (Wildman–Crippen MR) is 98.7 cm³/mol. The Morgan fingerprint density at radius 1 is 1.00 bits per heavy atom. The summed E-state index contributed by atoms with van der Waals surface area (Å²) in [7, 11) is 0. The number of aromatic nitrogens is 5. The SMILES string of the molecule is Clc1ccc(-c2nnn(Cc3csc(Cc4ccccc4)n3)n2)cc1. The lowest BCUT2D eigenvalue weighted by atomic mass is 10.2. The van der Waals surface area contributed by atoms with Crippen LogP contribution in [-0.2, 0) is 13.0 Å². The van der Waals surface area contributed by atoms with Crippen molar-refractivity contribution in [2.24, 2.45) is 0 Å². The molecule has 0 unspecified atom stereocenters. The lowest BCUT2D eigenvalue weighted by Crippen LogP contribution is -2.04. The van der Waals surface area contributed by atoms with Crippen molar-refractivity contribution in [3.05, 3.63) is 81.3 Å². The van der Waals surface area contributed by atoms with E-state index in [1.807, 2.05) is 47.8 Å². The third-order valence-corrected chi connectivity index (χ3v) is 4.81. The van der Waals surface area contributed by atoms with Crippen molar-refractivity contribution in [3.8, 4) is 11.4 Å². The summed E-state index contributed by atoms with van der Waals surface area (Å²) in [6.07, 6.45) is 0.840. The summed E-state index contributed by atoms with van der Waals surface area (Å²) in [5.41, 5.74) is 3.09. The minimum Gasteiger partial charge on any atom is -0.244 e. The molecule has 124 valence electrons. The second-order valence-electron chi connectivity index (χ2n) is 5.55. The first-order valence-corrected chi connectivity index (χ1v) is 9.03. The molecule has 0 N–H and O–H groups in total. The summed E-state index contributed by atoms with van der Waals surface area (Å²) in [4.78, 5) is 6.23. The summed E-state index contributed by atoms with van der Waals surface area (Å²) >= 11 is 7.56. The van der Waals surface area contributed by atoms with Gasteiger partial charge in [-0.1, -0.05) is 41.9 Å². The van der Waals surface area contributed by atoms with Gasteiger partial charge in [0.05, 0.1) is 10.7 Å². The maximum atomic E-state index is 5.90. The van der Waals surface area contributed by atoms with E-state index in [0.29, 0.717) is 17.4 Å². The quantitative estimate of drug-likeness (QED) is 0.533. The van der Waals surface area contributed by atoms with Crippen LogP contribution in [0.25, 0.3) is 11.4 Å². The largest absolute Gasteiger partial charge is 0.244 e. The molecule has 2 aromatic carbocycles. The van der Waals surface area contributed by atoms with Crippen molar-refractivity contribution in [2.75, 3.05) is 0 Å². The number of benzene rings is 2. The monoisotopic (exact) mass is 367 g/mol. The first kappa shape index (κ1) is 15.9. The Hall–Kier alpha value is -2.57. The highest BCUT2D eigenvalue weighted by Gasteiger charge is 2.09. The topological polar surface area (TPSA) is 56.5 Å². The van der Waals surface area contributed by atoms with E-state index >= 15 is 0 Å². The number of rotatable bonds is 5. The average molecular weight is 368 g/mol. The lowest BCUT2D eigenvalue weighted by Gasteiger charge is -1.97. The molecule has 0 atom stereocenters.